The molecule has 1 fully saturated rings. The van der Waals surface area contributed by atoms with Gasteiger partial charge in [0.2, 0.25) is 0 Å². The summed E-state index contributed by atoms with van der Waals surface area (Å²) in [5, 5.41) is 7.46. The van der Waals surface area contributed by atoms with Crippen molar-refractivity contribution >= 4 is 11.7 Å². The number of anilines is 1. The largest absolute Gasteiger partial charge is 0.497 e. The number of hydrogen-bond acceptors (Lipinski definition) is 4. The number of nitrogens with zero attached hydrogens (tertiary/aromatic N) is 3. The Kier molecular flexibility index (Phi) is 6.08. The summed E-state index contributed by atoms with van der Waals surface area (Å²) < 4.78 is 21.5. The van der Waals surface area contributed by atoms with Crippen LogP contribution < -0.4 is 10.1 Å². The number of carbonyl (C=O) groups is 1. The molecule has 0 saturated heterocycles. The lowest BCUT2D eigenvalue weighted by Crippen LogP contribution is -2.16. The maximum Gasteiger partial charge on any atom is 0.259 e. The number of carbonyl (C=O) groups excluding carboxylic acids is 1. The number of methoxy groups -OCH3 is 1. The van der Waals surface area contributed by atoms with Gasteiger partial charge in [-0.25, -0.2) is 4.39 Å². The molecule has 6 nitrogen and oxygen atoms in total. The van der Waals surface area contributed by atoms with Crippen LogP contribution in [0.4, 0.5) is 10.2 Å². The second-order valence-electron chi connectivity index (χ2n) is 8.53. The van der Waals surface area contributed by atoms with Crippen LogP contribution >= 0.6 is 0 Å². The van der Waals surface area contributed by atoms with Gasteiger partial charge in [0.1, 0.15) is 5.75 Å². The zero-order valence-corrected chi connectivity index (χ0v) is 18.9. The van der Waals surface area contributed by atoms with E-state index >= 15 is 0 Å². The second kappa shape index (κ2) is 9.47. The number of benzene rings is 2. The highest BCUT2D eigenvalue weighted by Crippen LogP contribution is 2.39. The van der Waals surface area contributed by atoms with E-state index in [0.29, 0.717) is 24.7 Å². The number of amides is 1. The third-order valence-corrected chi connectivity index (χ3v) is 5.93. The van der Waals surface area contributed by atoms with Gasteiger partial charge < -0.3 is 10.1 Å². The molecule has 1 amide bonds. The highest BCUT2D eigenvalue weighted by Gasteiger charge is 2.27. The van der Waals surface area contributed by atoms with E-state index < -0.39 is 11.7 Å². The van der Waals surface area contributed by atoms with Crippen LogP contribution in [0.15, 0.2) is 73.1 Å². The number of hydrogen-bond donors (Lipinski definition) is 1. The molecule has 1 aliphatic carbocycles. The summed E-state index contributed by atoms with van der Waals surface area (Å²) in [5.74, 6) is 0.373. The van der Waals surface area contributed by atoms with E-state index in [9.17, 15) is 9.18 Å². The zero-order valence-electron chi connectivity index (χ0n) is 18.9. The second-order valence-corrected chi connectivity index (χ2v) is 8.53. The summed E-state index contributed by atoms with van der Waals surface area (Å²) in [5.41, 5.74) is 3.74. The molecule has 0 spiro atoms. The van der Waals surface area contributed by atoms with E-state index in [2.05, 4.69) is 15.4 Å². The molecule has 2 aromatic carbocycles. The van der Waals surface area contributed by atoms with Crippen LogP contribution in [0.3, 0.4) is 0 Å². The standard InChI is InChI=1S/C27H25FN4O2/c1-34-22-11-7-19(8-12-22)16-32-17-21(13-18-5-3-2-4-6-18)26(31-32)30-27(33)23-14-25(20-9-10-20)29-15-24(23)28/h2-8,11-12,14-15,17,20H,9-10,13,16H2,1H3,(H,30,31,33). The van der Waals surface area contributed by atoms with Crippen molar-refractivity contribution in [1.29, 1.82) is 0 Å². The smallest absolute Gasteiger partial charge is 0.259 e. The number of nitrogens with one attached hydrogen (secondary N) is 1. The van der Waals surface area contributed by atoms with Crippen LogP contribution in [0, 0.1) is 5.82 Å². The molecule has 0 radical (unpaired) electrons. The summed E-state index contributed by atoms with van der Waals surface area (Å²) in [6.45, 7) is 0.525. The van der Waals surface area contributed by atoms with Crippen molar-refractivity contribution in [2.45, 2.75) is 31.7 Å². The maximum atomic E-state index is 14.4. The quantitative estimate of drug-likeness (QED) is 0.396. The van der Waals surface area contributed by atoms with Crippen LogP contribution in [-0.2, 0) is 13.0 Å². The molecule has 0 aliphatic heterocycles. The van der Waals surface area contributed by atoms with Gasteiger partial charge in [-0.05, 0) is 42.2 Å². The first-order valence-corrected chi connectivity index (χ1v) is 11.3. The van der Waals surface area contributed by atoms with Gasteiger partial charge in [-0.3, -0.25) is 14.5 Å². The lowest BCUT2D eigenvalue weighted by molar-refractivity contribution is 0.102. The number of pyridine rings is 1. The SMILES string of the molecule is COc1ccc(Cn2cc(Cc3ccccc3)c(NC(=O)c3cc(C4CC4)ncc3F)n2)cc1. The van der Waals surface area contributed by atoms with Crippen molar-refractivity contribution in [2.24, 2.45) is 0 Å². The summed E-state index contributed by atoms with van der Waals surface area (Å²) >= 11 is 0. The first-order valence-electron chi connectivity index (χ1n) is 11.3. The minimum absolute atomic E-state index is 0.00716. The normalized spacial score (nSPS) is 13.0. The molecule has 0 atom stereocenters. The zero-order chi connectivity index (χ0) is 23.5. The molecule has 0 bridgehead atoms. The summed E-state index contributed by atoms with van der Waals surface area (Å²) in [6, 6.07) is 19.3. The maximum absolute atomic E-state index is 14.4. The summed E-state index contributed by atoms with van der Waals surface area (Å²) in [6.07, 6.45) is 5.69. The molecule has 2 heterocycles. The molecule has 7 heteroatoms. The van der Waals surface area contributed by atoms with Crippen molar-refractivity contribution in [2.75, 3.05) is 12.4 Å². The number of aromatic nitrogens is 3. The topological polar surface area (TPSA) is 69.0 Å². The van der Waals surface area contributed by atoms with E-state index in [4.69, 9.17) is 4.74 Å². The minimum atomic E-state index is -0.635. The molecular formula is C27H25FN4O2. The highest BCUT2D eigenvalue weighted by atomic mass is 19.1. The number of ether oxygens (including phenoxy) is 1. The predicted octanol–water partition coefficient (Wildman–Crippen LogP) is 5.19. The molecule has 0 unspecified atom stereocenters. The molecule has 1 saturated carbocycles. The highest BCUT2D eigenvalue weighted by molar-refractivity contribution is 6.04. The van der Waals surface area contributed by atoms with Gasteiger partial charge in [0.25, 0.3) is 5.91 Å². The van der Waals surface area contributed by atoms with Gasteiger partial charge in [0.05, 0.1) is 25.4 Å². The van der Waals surface area contributed by atoms with Gasteiger partial charge in [-0.15, -0.1) is 0 Å². The summed E-state index contributed by atoms with van der Waals surface area (Å²) in [4.78, 5) is 17.2. The minimum Gasteiger partial charge on any atom is -0.497 e. The number of rotatable bonds is 8. The Morgan fingerprint density at radius 1 is 1.12 bits per heavy atom. The van der Waals surface area contributed by atoms with Gasteiger partial charge in [-0.1, -0.05) is 42.5 Å². The Hall–Kier alpha value is -4.00. The van der Waals surface area contributed by atoms with Crippen LogP contribution in [0.25, 0.3) is 0 Å². The van der Waals surface area contributed by atoms with E-state index in [1.54, 1.807) is 17.9 Å². The molecule has 172 valence electrons. The molecule has 34 heavy (non-hydrogen) atoms. The lowest BCUT2D eigenvalue weighted by atomic mass is 10.1. The fourth-order valence-electron chi connectivity index (χ4n) is 3.92. The van der Waals surface area contributed by atoms with Crippen LogP contribution in [0.1, 0.15) is 51.5 Å². The van der Waals surface area contributed by atoms with Crippen LogP contribution in [0.5, 0.6) is 5.75 Å². The Bertz CT molecular complexity index is 1300. The van der Waals surface area contributed by atoms with Gasteiger partial charge in [0, 0.05) is 29.8 Å². The Labute approximate surface area is 197 Å². The third kappa shape index (κ3) is 4.98. The van der Waals surface area contributed by atoms with E-state index in [0.717, 1.165) is 47.2 Å². The lowest BCUT2D eigenvalue weighted by Gasteiger charge is -2.08. The average Bonchev–Trinajstić information content (AvgIpc) is 3.64. The predicted molar refractivity (Wildman–Crippen MR) is 128 cm³/mol. The van der Waals surface area contributed by atoms with Crippen molar-refractivity contribution in [3.8, 4) is 5.75 Å². The molecule has 4 aromatic rings. The molecule has 1 aliphatic rings. The Morgan fingerprint density at radius 3 is 2.59 bits per heavy atom. The van der Waals surface area contributed by atoms with Crippen molar-refractivity contribution in [3.63, 3.8) is 0 Å². The van der Waals surface area contributed by atoms with E-state index in [1.807, 2.05) is 60.8 Å². The van der Waals surface area contributed by atoms with Crippen molar-refractivity contribution < 1.29 is 13.9 Å². The van der Waals surface area contributed by atoms with Crippen molar-refractivity contribution in [1.82, 2.24) is 14.8 Å². The number of halogens is 1. The molecule has 5 rings (SSSR count). The monoisotopic (exact) mass is 456 g/mol. The van der Waals surface area contributed by atoms with Crippen molar-refractivity contribution in [3.05, 3.63) is 107 Å². The molecular weight excluding hydrogens is 431 g/mol. The fourth-order valence-corrected chi connectivity index (χ4v) is 3.92. The fraction of sp³-hybridized carbons (Fsp3) is 0.222. The summed E-state index contributed by atoms with van der Waals surface area (Å²) in [7, 11) is 1.63. The first-order chi connectivity index (χ1) is 16.6. The first kappa shape index (κ1) is 21.8. The Morgan fingerprint density at radius 2 is 1.88 bits per heavy atom. The van der Waals surface area contributed by atoms with E-state index in [1.165, 1.54) is 0 Å². The Balaban J connectivity index is 1.42. The van der Waals surface area contributed by atoms with E-state index in [-0.39, 0.29) is 5.56 Å². The van der Waals surface area contributed by atoms with Gasteiger partial charge in [0.15, 0.2) is 11.6 Å². The molecule has 2 aromatic heterocycles. The average molecular weight is 457 g/mol. The third-order valence-electron chi connectivity index (χ3n) is 5.93. The molecule has 1 N–H and O–H groups in total. The van der Waals surface area contributed by atoms with Gasteiger partial charge >= 0.3 is 0 Å². The van der Waals surface area contributed by atoms with Crippen LogP contribution in [0.2, 0.25) is 0 Å². The van der Waals surface area contributed by atoms with Gasteiger partial charge in [-0.2, -0.15) is 5.10 Å². The van der Waals surface area contributed by atoms with Crippen LogP contribution in [-0.4, -0.2) is 27.8 Å².